The quantitative estimate of drug-likeness (QED) is 0.525. The fraction of sp³-hybridized carbons (Fsp3) is 0.609. The van der Waals surface area contributed by atoms with Crippen molar-refractivity contribution in [2.45, 2.75) is 72.6 Å². The fourth-order valence-corrected chi connectivity index (χ4v) is 3.79. The van der Waals surface area contributed by atoms with Gasteiger partial charge in [-0.25, -0.2) is 4.79 Å². The van der Waals surface area contributed by atoms with Crippen LogP contribution in [-0.2, 0) is 0 Å². The maximum Gasteiger partial charge on any atom is 0.335 e. The molecular weight excluding hydrogens is 322 g/mol. The number of hydrogen-bond acceptors (Lipinski definition) is 2. The van der Waals surface area contributed by atoms with E-state index in [1.807, 2.05) is 12.1 Å². The molecule has 1 aliphatic carbocycles. The number of anilines is 1. The second kappa shape index (κ2) is 9.80. The van der Waals surface area contributed by atoms with Crippen molar-refractivity contribution < 1.29 is 9.90 Å². The number of carboxylic acid groups (broad SMARTS) is 1. The number of aryl methyl sites for hydroxylation is 1. The highest BCUT2D eigenvalue weighted by Crippen LogP contribution is 2.33. The van der Waals surface area contributed by atoms with Gasteiger partial charge in [0.1, 0.15) is 0 Å². The molecule has 0 aromatic heterocycles. The summed E-state index contributed by atoms with van der Waals surface area (Å²) in [6.45, 7) is 9.71. The Kier molecular flexibility index (Phi) is 7.74. The molecule has 3 heteroatoms. The summed E-state index contributed by atoms with van der Waals surface area (Å²) in [5.74, 6) is 0.678. The lowest BCUT2D eigenvalue weighted by Crippen LogP contribution is -2.29. The molecule has 0 radical (unpaired) electrons. The fourth-order valence-electron chi connectivity index (χ4n) is 3.79. The Labute approximate surface area is 159 Å². The van der Waals surface area contributed by atoms with Crippen LogP contribution in [0.5, 0.6) is 0 Å². The van der Waals surface area contributed by atoms with E-state index in [1.165, 1.54) is 37.8 Å². The summed E-state index contributed by atoms with van der Waals surface area (Å²) in [7, 11) is 0. The molecule has 0 heterocycles. The molecule has 0 aliphatic heterocycles. The van der Waals surface area contributed by atoms with Crippen LogP contribution < -0.4 is 4.90 Å². The Hall–Kier alpha value is -1.77. The van der Waals surface area contributed by atoms with Gasteiger partial charge in [0.15, 0.2) is 0 Å². The predicted octanol–water partition coefficient (Wildman–Crippen LogP) is 6.42. The van der Waals surface area contributed by atoms with E-state index in [0.717, 1.165) is 36.6 Å². The van der Waals surface area contributed by atoms with Gasteiger partial charge < -0.3 is 10.0 Å². The number of rotatable bonds is 10. The van der Waals surface area contributed by atoms with E-state index in [4.69, 9.17) is 0 Å². The average Bonchev–Trinajstić information content (AvgIpc) is 2.57. The zero-order valence-corrected chi connectivity index (χ0v) is 16.9. The van der Waals surface area contributed by atoms with E-state index in [-0.39, 0.29) is 0 Å². The van der Waals surface area contributed by atoms with Crippen molar-refractivity contribution >= 4 is 11.7 Å². The van der Waals surface area contributed by atoms with E-state index in [0.29, 0.717) is 11.5 Å². The molecule has 144 valence electrons. The van der Waals surface area contributed by atoms with Crippen LogP contribution in [0.3, 0.4) is 0 Å². The summed E-state index contributed by atoms with van der Waals surface area (Å²) < 4.78 is 0. The largest absolute Gasteiger partial charge is 0.478 e. The van der Waals surface area contributed by atoms with Gasteiger partial charge in [0.2, 0.25) is 0 Å². The lowest BCUT2D eigenvalue weighted by atomic mass is 9.80. The highest BCUT2D eigenvalue weighted by molar-refractivity contribution is 5.89. The van der Waals surface area contributed by atoms with Gasteiger partial charge in [0.05, 0.1) is 5.56 Å². The summed E-state index contributed by atoms with van der Waals surface area (Å²) >= 11 is 0. The summed E-state index contributed by atoms with van der Waals surface area (Å²) in [5, 5.41) is 9.41. The molecule has 26 heavy (non-hydrogen) atoms. The van der Waals surface area contributed by atoms with Gasteiger partial charge in [-0.3, -0.25) is 0 Å². The van der Waals surface area contributed by atoms with Crippen molar-refractivity contribution in [1.29, 1.82) is 0 Å². The Bertz CT molecular complexity index is 631. The highest BCUT2D eigenvalue weighted by Gasteiger charge is 2.21. The zero-order chi connectivity index (χ0) is 19.1. The Balaban J connectivity index is 2.24. The van der Waals surface area contributed by atoms with Gasteiger partial charge in [-0.15, -0.1) is 0 Å². The molecule has 0 spiro atoms. The van der Waals surface area contributed by atoms with Crippen LogP contribution in [0.25, 0.3) is 0 Å². The Morgan fingerprint density at radius 2 is 2.08 bits per heavy atom. The Morgan fingerprint density at radius 1 is 1.35 bits per heavy atom. The first-order valence-electron chi connectivity index (χ1n) is 10.3. The molecule has 1 saturated carbocycles. The third-order valence-electron chi connectivity index (χ3n) is 5.68. The molecule has 2 rings (SSSR count). The molecule has 1 fully saturated rings. The molecule has 3 nitrogen and oxygen atoms in total. The van der Waals surface area contributed by atoms with Crippen molar-refractivity contribution in [3.8, 4) is 0 Å². The molecule has 1 aliphatic rings. The molecule has 0 amide bonds. The first-order valence-corrected chi connectivity index (χ1v) is 10.3. The number of allylic oxidation sites excluding steroid dienone is 2. The van der Waals surface area contributed by atoms with Crippen molar-refractivity contribution in [2.75, 3.05) is 11.4 Å². The number of nitrogens with zero attached hydrogens (tertiary/aromatic N) is 1. The van der Waals surface area contributed by atoms with Gasteiger partial charge in [0.25, 0.3) is 0 Å². The van der Waals surface area contributed by atoms with Crippen LogP contribution >= 0.6 is 0 Å². The van der Waals surface area contributed by atoms with E-state index in [2.05, 4.69) is 38.7 Å². The number of aromatic carboxylic acids is 1. The van der Waals surface area contributed by atoms with Gasteiger partial charge >= 0.3 is 5.97 Å². The number of carboxylic acids is 1. The minimum atomic E-state index is -0.859. The molecule has 1 aromatic carbocycles. The van der Waals surface area contributed by atoms with Crippen molar-refractivity contribution in [3.63, 3.8) is 0 Å². The SMILES string of the molecule is CC/C=C(\CC)N(CC(C)CCC1CCC1)c1cc(C(=O)O)ccc1C. The standard InChI is InChI=1S/C23H35NO2/c1-5-8-21(6-2)24(16-17(3)11-13-19-9-7-10-19)22-15-20(23(25)26)14-12-18(22)4/h8,12,14-15,17,19H,5-7,9-11,13,16H2,1-4H3,(H,25,26)/b21-8+. The van der Waals surface area contributed by atoms with Gasteiger partial charge in [-0.1, -0.05) is 58.6 Å². The average molecular weight is 358 g/mol. The van der Waals surface area contributed by atoms with Gasteiger partial charge in [-0.05, 0) is 55.7 Å². The van der Waals surface area contributed by atoms with Crippen LogP contribution in [0.2, 0.25) is 0 Å². The molecule has 1 unspecified atom stereocenters. The summed E-state index contributed by atoms with van der Waals surface area (Å²) in [6, 6.07) is 5.48. The normalized spacial score (nSPS) is 16.2. The molecule has 1 aromatic rings. The summed E-state index contributed by atoms with van der Waals surface area (Å²) in [5.41, 5.74) is 3.84. The molecule has 1 N–H and O–H groups in total. The van der Waals surface area contributed by atoms with E-state index >= 15 is 0 Å². The van der Waals surface area contributed by atoms with Crippen LogP contribution in [0.1, 0.15) is 81.6 Å². The summed E-state index contributed by atoms with van der Waals surface area (Å²) in [4.78, 5) is 13.8. The molecular formula is C23H35NO2. The van der Waals surface area contributed by atoms with Gasteiger partial charge in [-0.2, -0.15) is 0 Å². The van der Waals surface area contributed by atoms with Crippen LogP contribution in [-0.4, -0.2) is 17.6 Å². The smallest absolute Gasteiger partial charge is 0.335 e. The van der Waals surface area contributed by atoms with E-state index in [9.17, 15) is 9.90 Å². The Morgan fingerprint density at radius 3 is 2.62 bits per heavy atom. The minimum absolute atomic E-state index is 0.365. The molecule has 1 atom stereocenters. The number of carbonyl (C=O) groups is 1. The summed E-state index contributed by atoms with van der Waals surface area (Å²) in [6.07, 6.45) is 11.0. The zero-order valence-electron chi connectivity index (χ0n) is 16.9. The van der Waals surface area contributed by atoms with Crippen molar-refractivity contribution in [1.82, 2.24) is 0 Å². The second-order valence-electron chi connectivity index (χ2n) is 7.85. The monoisotopic (exact) mass is 357 g/mol. The van der Waals surface area contributed by atoms with Crippen molar-refractivity contribution in [2.24, 2.45) is 11.8 Å². The minimum Gasteiger partial charge on any atom is -0.478 e. The second-order valence-corrected chi connectivity index (χ2v) is 7.85. The third kappa shape index (κ3) is 5.36. The first-order chi connectivity index (χ1) is 12.5. The number of benzene rings is 1. The lowest BCUT2D eigenvalue weighted by Gasteiger charge is -2.33. The lowest BCUT2D eigenvalue weighted by molar-refractivity contribution is 0.0697. The topological polar surface area (TPSA) is 40.5 Å². The number of hydrogen-bond donors (Lipinski definition) is 1. The molecule has 0 bridgehead atoms. The van der Waals surface area contributed by atoms with E-state index in [1.54, 1.807) is 6.07 Å². The maximum absolute atomic E-state index is 11.5. The maximum atomic E-state index is 11.5. The third-order valence-corrected chi connectivity index (χ3v) is 5.68. The van der Waals surface area contributed by atoms with Crippen LogP contribution in [0.4, 0.5) is 5.69 Å². The van der Waals surface area contributed by atoms with Crippen LogP contribution in [0, 0.1) is 18.8 Å². The highest BCUT2D eigenvalue weighted by atomic mass is 16.4. The first kappa shape index (κ1) is 20.5. The molecule has 0 saturated heterocycles. The predicted molar refractivity (Wildman–Crippen MR) is 110 cm³/mol. The van der Waals surface area contributed by atoms with E-state index < -0.39 is 5.97 Å². The van der Waals surface area contributed by atoms with Gasteiger partial charge in [0, 0.05) is 17.9 Å². The van der Waals surface area contributed by atoms with Crippen molar-refractivity contribution in [3.05, 3.63) is 41.1 Å². The van der Waals surface area contributed by atoms with Crippen LogP contribution in [0.15, 0.2) is 30.0 Å².